The van der Waals surface area contributed by atoms with Gasteiger partial charge >= 0.3 is 0 Å². The number of hydrogen-bond acceptors (Lipinski definition) is 2. The lowest BCUT2D eigenvalue weighted by atomic mass is 10.1. The maximum atomic E-state index is 9.13. The maximum Gasteiger partial charge on any atom is 0.171 e. The highest BCUT2D eigenvalue weighted by Gasteiger charge is 2.04. The summed E-state index contributed by atoms with van der Waals surface area (Å²) < 4.78 is 0.536. The van der Waals surface area contributed by atoms with Crippen LogP contribution in [0, 0.1) is 0 Å². The summed E-state index contributed by atoms with van der Waals surface area (Å²) in [4.78, 5) is 0. The van der Waals surface area contributed by atoms with E-state index in [0.29, 0.717) is 4.47 Å². The van der Waals surface area contributed by atoms with E-state index in [-0.39, 0.29) is 11.5 Å². The van der Waals surface area contributed by atoms with Crippen LogP contribution in [0.2, 0.25) is 0 Å². The number of phenolic OH excluding ortho intramolecular Hbond substituents is 2. The number of rotatable bonds is 1. The molecule has 0 heterocycles. The quantitative estimate of drug-likeness (QED) is 0.709. The summed E-state index contributed by atoms with van der Waals surface area (Å²) in [5, 5.41) is 18.3. The van der Waals surface area contributed by atoms with Gasteiger partial charge in [-0.05, 0) is 40.0 Å². The van der Waals surface area contributed by atoms with Gasteiger partial charge < -0.3 is 10.2 Å². The van der Waals surface area contributed by atoms with E-state index in [1.54, 1.807) is 12.1 Å². The zero-order valence-electron chi connectivity index (χ0n) is 6.13. The van der Waals surface area contributed by atoms with Gasteiger partial charge in [0.05, 0.1) is 4.47 Å². The molecule has 0 amide bonds. The van der Waals surface area contributed by atoms with Gasteiger partial charge in [-0.1, -0.05) is 6.92 Å². The third-order valence-corrected chi connectivity index (χ3v) is 2.12. The van der Waals surface area contributed by atoms with Gasteiger partial charge in [-0.2, -0.15) is 0 Å². The summed E-state index contributed by atoms with van der Waals surface area (Å²) in [5.41, 5.74) is 0.993. The van der Waals surface area contributed by atoms with Crippen LogP contribution in [0.25, 0.3) is 0 Å². The van der Waals surface area contributed by atoms with E-state index >= 15 is 0 Å². The average molecular weight is 217 g/mol. The fourth-order valence-electron chi connectivity index (χ4n) is 0.843. The van der Waals surface area contributed by atoms with Crippen LogP contribution in [-0.4, -0.2) is 10.2 Å². The predicted molar refractivity (Wildman–Crippen MR) is 46.8 cm³/mol. The van der Waals surface area contributed by atoms with Crippen molar-refractivity contribution in [3.05, 3.63) is 22.2 Å². The summed E-state index contributed by atoms with van der Waals surface area (Å²) in [6.45, 7) is 1.98. The van der Waals surface area contributed by atoms with E-state index < -0.39 is 0 Å². The van der Waals surface area contributed by atoms with E-state index in [9.17, 15) is 0 Å². The lowest BCUT2D eigenvalue weighted by molar-refractivity contribution is 0.401. The van der Waals surface area contributed by atoms with Crippen LogP contribution in [0.1, 0.15) is 12.5 Å². The van der Waals surface area contributed by atoms with Crippen LogP contribution in [-0.2, 0) is 6.42 Å². The Balaban J connectivity index is 3.21. The molecular formula is C8H9BrO2. The maximum absolute atomic E-state index is 9.13. The Bertz CT molecular complexity index is 248. The highest BCUT2D eigenvalue weighted by molar-refractivity contribution is 9.10. The standard InChI is InChI=1S/C8H9BrO2/c1-2-5-3-6(9)8(11)7(10)4-5/h3-4,10-11H,2H2,1H3. The Labute approximate surface area is 73.6 Å². The number of phenols is 2. The molecule has 0 fully saturated rings. The molecule has 2 nitrogen and oxygen atoms in total. The van der Waals surface area contributed by atoms with E-state index in [1.807, 2.05) is 6.92 Å². The molecule has 0 atom stereocenters. The van der Waals surface area contributed by atoms with E-state index in [4.69, 9.17) is 10.2 Å². The fraction of sp³-hybridized carbons (Fsp3) is 0.250. The van der Waals surface area contributed by atoms with E-state index in [2.05, 4.69) is 15.9 Å². The first-order valence-electron chi connectivity index (χ1n) is 3.35. The molecule has 1 rings (SSSR count). The molecule has 0 saturated carbocycles. The molecule has 0 aliphatic heterocycles. The van der Waals surface area contributed by atoms with Crippen LogP contribution in [0.15, 0.2) is 16.6 Å². The number of hydrogen-bond donors (Lipinski definition) is 2. The minimum Gasteiger partial charge on any atom is -0.504 e. The summed E-state index contributed by atoms with van der Waals surface area (Å²) in [6, 6.07) is 3.34. The van der Waals surface area contributed by atoms with E-state index in [1.165, 1.54) is 0 Å². The first kappa shape index (κ1) is 8.40. The molecule has 2 N–H and O–H groups in total. The third kappa shape index (κ3) is 1.66. The molecule has 0 aromatic heterocycles. The molecule has 0 aliphatic carbocycles. The summed E-state index contributed by atoms with van der Waals surface area (Å²) >= 11 is 3.13. The monoisotopic (exact) mass is 216 g/mol. The first-order chi connectivity index (χ1) is 5.15. The lowest BCUT2D eigenvalue weighted by Crippen LogP contribution is -1.80. The van der Waals surface area contributed by atoms with Gasteiger partial charge in [-0.15, -0.1) is 0 Å². The van der Waals surface area contributed by atoms with Crippen molar-refractivity contribution in [2.45, 2.75) is 13.3 Å². The van der Waals surface area contributed by atoms with Crippen LogP contribution in [0.5, 0.6) is 11.5 Å². The van der Waals surface area contributed by atoms with Crippen LogP contribution in [0.4, 0.5) is 0 Å². The second-order valence-electron chi connectivity index (χ2n) is 2.30. The zero-order chi connectivity index (χ0) is 8.43. The second kappa shape index (κ2) is 3.13. The molecule has 60 valence electrons. The third-order valence-electron chi connectivity index (χ3n) is 1.51. The molecule has 11 heavy (non-hydrogen) atoms. The Morgan fingerprint density at radius 3 is 2.45 bits per heavy atom. The Kier molecular flexibility index (Phi) is 2.39. The van der Waals surface area contributed by atoms with Crippen molar-refractivity contribution < 1.29 is 10.2 Å². The van der Waals surface area contributed by atoms with Gasteiger partial charge in [-0.3, -0.25) is 0 Å². The number of aryl methyl sites for hydroxylation is 1. The van der Waals surface area contributed by atoms with Gasteiger partial charge in [0.15, 0.2) is 11.5 Å². The minimum absolute atomic E-state index is 0.0729. The van der Waals surface area contributed by atoms with Crippen molar-refractivity contribution >= 4 is 15.9 Å². The summed E-state index contributed by atoms with van der Waals surface area (Å²) in [6.07, 6.45) is 0.840. The van der Waals surface area contributed by atoms with Crippen molar-refractivity contribution in [3.8, 4) is 11.5 Å². The highest BCUT2D eigenvalue weighted by atomic mass is 79.9. The topological polar surface area (TPSA) is 40.5 Å². The van der Waals surface area contributed by atoms with Gasteiger partial charge in [0.2, 0.25) is 0 Å². The summed E-state index contributed by atoms with van der Waals surface area (Å²) in [5.74, 6) is -0.168. The van der Waals surface area contributed by atoms with Crippen molar-refractivity contribution in [1.29, 1.82) is 0 Å². The molecular weight excluding hydrogens is 208 g/mol. The molecule has 1 aromatic rings. The van der Waals surface area contributed by atoms with E-state index in [0.717, 1.165) is 12.0 Å². The molecule has 0 saturated heterocycles. The zero-order valence-corrected chi connectivity index (χ0v) is 7.72. The normalized spacial score (nSPS) is 10.0. The van der Waals surface area contributed by atoms with Crippen LogP contribution >= 0.6 is 15.9 Å². The smallest absolute Gasteiger partial charge is 0.171 e. The molecule has 0 unspecified atom stereocenters. The van der Waals surface area contributed by atoms with Gasteiger partial charge in [0.25, 0.3) is 0 Å². The van der Waals surface area contributed by atoms with Gasteiger partial charge in [-0.25, -0.2) is 0 Å². The van der Waals surface area contributed by atoms with Crippen molar-refractivity contribution in [2.24, 2.45) is 0 Å². The molecule has 3 heteroatoms. The summed E-state index contributed by atoms with van der Waals surface area (Å²) in [7, 11) is 0. The van der Waals surface area contributed by atoms with Crippen molar-refractivity contribution in [2.75, 3.05) is 0 Å². The second-order valence-corrected chi connectivity index (χ2v) is 3.15. The van der Waals surface area contributed by atoms with Crippen LogP contribution < -0.4 is 0 Å². The van der Waals surface area contributed by atoms with Crippen molar-refractivity contribution in [1.82, 2.24) is 0 Å². The number of aromatic hydroxyl groups is 2. The SMILES string of the molecule is CCc1cc(O)c(O)c(Br)c1. The number of halogens is 1. The fourth-order valence-corrected chi connectivity index (χ4v) is 1.34. The molecule has 0 spiro atoms. The minimum atomic E-state index is -0.0952. The van der Waals surface area contributed by atoms with Crippen LogP contribution in [0.3, 0.4) is 0 Å². The Hall–Kier alpha value is -0.700. The Morgan fingerprint density at radius 2 is 2.00 bits per heavy atom. The molecule has 0 aliphatic rings. The average Bonchev–Trinajstić information content (AvgIpc) is 1.99. The van der Waals surface area contributed by atoms with Gasteiger partial charge in [0.1, 0.15) is 0 Å². The Morgan fingerprint density at radius 1 is 1.36 bits per heavy atom. The predicted octanol–water partition coefficient (Wildman–Crippen LogP) is 2.42. The highest BCUT2D eigenvalue weighted by Crippen LogP contribution is 2.34. The molecule has 0 radical (unpaired) electrons. The van der Waals surface area contributed by atoms with Gasteiger partial charge in [0, 0.05) is 0 Å². The first-order valence-corrected chi connectivity index (χ1v) is 4.14. The number of benzene rings is 1. The van der Waals surface area contributed by atoms with Crippen molar-refractivity contribution in [3.63, 3.8) is 0 Å². The largest absolute Gasteiger partial charge is 0.504 e. The lowest BCUT2D eigenvalue weighted by Gasteiger charge is -2.02. The molecule has 1 aromatic carbocycles. The molecule has 0 bridgehead atoms.